The Morgan fingerprint density at radius 2 is 2.21 bits per heavy atom. The molecule has 0 saturated carbocycles. The van der Waals surface area contributed by atoms with Crippen LogP contribution in [0.4, 0.5) is 0 Å². The number of carboxylic acids is 1. The molecule has 1 atom stereocenters. The summed E-state index contributed by atoms with van der Waals surface area (Å²) in [6.07, 6.45) is 2.49. The Hall–Kier alpha value is -1.62. The second kappa shape index (κ2) is 7.09. The first-order valence-electron chi connectivity index (χ1n) is 5.87. The first-order valence-corrected chi connectivity index (χ1v) is 6.66. The van der Waals surface area contributed by atoms with E-state index in [9.17, 15) is 9.59 Å². The maximum Gasteiger partial charge on any atom is 0.326 e. The summed E-state index contributed by atoms with van der Waals surface area (Å²) in [4.78, 5) is 23.1. The lowest BCUT2D eigenvalue weighted by atomic mass is 10.1. The topological polar surface area (TPSA) is 66.4 Å². The van der Waals surface area contributed by atoms with Crippen molar-refractivity contribution in [1.82, 2.24) is 5.32 Å². The Morgan fingerprint density at radius 3 is 2.79 bits per heavy atom. The number of nitrogens with one attached hydrogen (secondary N) is 1. The van der Waals surface area contributed by atoms with Crippen molar-refractivity contribution in [3.63, 3.8) is 0 Å². The molecule has 0 aliphatic heterocycles. The van der Waals surface area contributed by atoms with Crippen LogP contribution in [0.15, 0.2) is 35.3 Å². The van der Waals surface area contributed by atoms with Gasteiger partial charge in [0.1, 0.15) is 6.04 Å². The van der Waals surface area contributed by atoms with E-state index >= 15 is 0 Å². The molecule has 1 aromatic carbocycles. The number of aliphatic carboxylic acids is 1. The number of hydrogen-bond donors (Lipinski definition) is 2. The van der Waals surface area contributed by atoms with Gasteiger partial charge in [0.15, 0.2) is 0 Å². The number of carbonyl (C=O) groups is 2. The minimum Gasteiger partial charge on any atom is -0.480 e. The molecule has 4 nitrogen and oxygen atoms in total. The van der Waals surface area contributed by atoms with Crippen molar-refractivity contribution >= 4 is 27.8 Å². The number of benzene rings is 1. The Labute approximate surface area is 120 Å². The molecule has 0 aliphatic rings. The van der Waals surface area contributed by atoms with Crippen molar-refractivity contribution in [3.05, 3.63) is 46.5 Å². The van der Waals surface area contributed by atoms with E-state index in [2.05, 4.69) is 27.8 Å². The van der Waals surface area contributed by atoms with Crippen LogP contribution in [0, 0.1) is 6.92 Å². The summed E-state index contributed by atoms with van der Waals surface area (Å²) in [6, 6.07) is 4.37. The first-order chi connectivity index (χ1) is 8.97. The molecule has 2 N–H and O–H groups in total. The zero-order chi connectivity index (χ0) is 14.4. The van der Waals surface area contributed by atoms with Crippen LogP contribution < -0.4 is 5.32 Å². The molecule has 0 aromatic heterocycles. The van der Waals surface area contributed by atoms with Crippen LogP contribution in [-0.2, 0) is 4.79 Å². The number of hydrogen-bond acceptors (Lipinski definition) is 2. The van der Waals surface area contributed by atoms with Crippen LogP contribution >= 0.6 is 15.9 Å². The van der Waals surface area contributed by atoms with Crippen LogP contribution in [0.2, 0.25) is 0 Å². The van der Waals surface area contributed by atoms with E-state index in [1.54, 1.807) is 18.2 Å². The molecule has 0 spiro atoms. The van der Waals surface area contributed by atoms with E-state index < -0.39 is 17.9 Å². The van der Waals surface area contributed by atoms with Gasteiger partial charge in [-0.1, -0.05) is 18.2 Å². The quantitative estimate of drug-likeness (QED) is 0.790. The van der Waals surface area contributed by atoms with Crippen LogP contribution in [0.25, 0.3) is 0 Å². The van der Waals surface area contributed by atoms with Crippen molar-refractivity contribution < 1.29 is 14.7 Å². The number of amides is 1. The van der Waals surface area contributed by atoms with Crippen LogP contribution in [0.1, 0.15) is 28.8 Å². The van der Waals surface area contributed by atoms with Gasteiger partial charge in [0, 0.05) is 4.47 Å². The van der Waals surface area contributed by atoms with Gasteiger partial charge in [-0.25, -0.2) is 4.79 Å². The van der Waals surface area contributed by atoms with Gasteiger partial charge in [0.2, 0.25) is 0 Å². The number of allylic oxidation sites excluding steroid dienone is 1. The molecule has 0 saturated heterocycles. The number of carbonyl (C=O) groups excluding carboxylic acids is 1. The van der Waals surface area contributed by atoms with Crippen molar-refractivity contribution in [3.8, 4) is 0 Å². The molecule has 0 radical (unpaired) electrons. The molecule has 0 aliphatic carbocycles. The lowest BCUT2D eigenvalue weighted by molar-refractivity contribution is -0.139. The first kappa shape index (κ1) is 15.4. The van der Waals surface area contributed by atoms with E-state index in [0.717, 1.165) is 5.56 Å². The van der Waals surface area contributed by atoms with Crippen molar-refractivity contribution in [2.75, 3.05) is 0 Å². The second-order valence-corrected chi connectivity index (χ2v) is 4.96. The van der Waals surface area contributed by atoms with Crippen LogP contribution in [0.5, 0.6) is 0 Å². The third-order valence-corrected chi connectivity index (χ3v) is 3.75. The van der Waals surface area contributed by atoms with Gasteiger partial charge in [-0.3, -0.25) is 4.79 Å². The van der Waals surface area contributed by atoms with Gasteiger partial charge >= 0.3 is 5.97 Å². The zero-order valence-electron chi connectivity index (χ0n) is 10.6. The van der Waals surface area contributed by atoms with Gasteiger partial charge < -0.3 is 10.4 Å². The summed E-state index contributed by atoms with van der Waals surface area (Å²) in [6.45, 7) is 5.41. The predicted octanol–water partition coefficient (Wildman–Crippen LogP) is 2.91. The van der Waals surface area contributed by atoms with Crippen LogP contribution in [0.3, 0.4) is 0 Å². The normalized spacial score (nSPS) is 11.7. The Morgan fingerprint density at radius 1 is 1.53 bits per heavy atom. The van der Waals surface area contributed by atoms with Gasteiger partial charge in [0.25, 0.3) is 5.91 Å². The number of rotatable bonds is 6. The zero-order valence-corrected chi connectivity index (χ0v) is 12.2. The minimum atomic E-state index is -1.04. The standard InChI is InChI=1S/C14H16BrNO3/c1-3-4-8-11(14(18)19)16-13(17)10-7-5-6-9(2)12(10)15/h3,5-7,11H,1,4,8H2,2H3,(H,16,17)(H,18,19). The highest BCUT2D eigenvalue weighted by Crippen LogP contribution is 2.21. The summed E-state index contributed by atoms with van der Waals surface area (Å²) in [5.41, 5.74) is 1.36. The smallest absolute Gasteiger partial charge is 0.326 e. The maximum atomic E-state index is 12.1. The number of carboxylic acid groups (broad SMARTS) is 1. The lowest BCUT2D eigenvalue weighted by Gasteiger charge is -2.14. The third kappa shape index (κ3) is 4.21. The fourth-order valence-electron chi connectivity index (χ4n) is 1.60. The molecule has 1 unspecified atom stereocenters. The van der Waals surface area contributed by atoms with E-state index in [1.807, 2.05) is 13.0 Å². The van der Waals surface area contributed by atoms with Gasteiger partial charge in [-0.2, -0.15) is 0 Å². The van der Waals surface area contributed by atoms with E-state index in [1.165, 1.54) is 0 Å². The molecule has 102 valence electrons. The van der Waals surface area contributed by atoms with Crippen molar-refractivity contribution in [2.45, 2.75) is 25.8 Å². The summed E-state index contributed by atoms with van der Waals surface area (Å²) < 4.78 is 0.681. The average Bonchev–Trinajstić information content (AvgIpc) is 2.37. The number of halogens is 1. The highest BCUT2D eigenvalue weighted by atomic mass is 79.9. The molecule has 1 amide bonds. The summed E-state index contributed by atoms with van der Waals surface area (Å²) in [5, 5.41) is 11.6. The molecular formula is C14H16BrNO3. The van der Waals surface area contributed by atoms with Gasteiger partial charge in [-0.05, 0) is 47.3 Å². The molecule has 0 fully saturated rings. The van der Waals surface area contributed by atoms with Gasteiger partial charge in [-0.15, -0.1) is 6.58 Å². The molecule has 5 heteroatoms. The molecule has 19 heavy (non-hydrogen) atoms. The molecule has 1 rings (SSSR count). The Balaban J connectivity index is 2.84. The van der Waals surface area contributed by atoms with E-state index in [-0.39, 0.29) is 0 Å². The predicted molar refractivity (Wildman–Crippen MR) is 77.2 cm³/mol. The molecule has 0 bridgehead atoms. The van der Waals surface area contributed by atoms with E-state index in [4.69, 9.17) is 5.11 Å². The Kier molecular flexibility index (Phi) is 5.76. The fourth-order valence-corrected chi connectivity index (χ4v) is 2.05. The monoisotopic (exact) mass is 325 g/mol. The largest absolute Gasteiger partial charge is 0.480 e. The second-order valence-electron chi connectivity index (χ2n) is 4.17. The summed E-state index contributed by atoms with van der Waals surface area (Å²) >= 11 is 3.34. The average molecular weight is 326 g/mol. The van der Waals surface area contributed by atoms with Crippen molar-refractivity contribution in [2.24, 2.45) is 0 Å². The van der Waals surface area contributed by atoms with Gasteiger partial charge in [0.05, 0.1) is 5.56 Å². The minimum absolute atomic E-state index is 0.327. The van der Waals surface area contributed by atoms with Crippen molar-refractivity contribution in [1.29, 1.82) is 0 Å². The fraction of sp³-hybridized carbons (Fsp3) is 0.286. The number of aryl methyl sites for hydroxylation is 1. The molecule has 1 aromatic rings. The third-order valence-electron chi connectivity index (χ3n) is 2.70. The highest BCUT2D eigenvalue weighted by molar-refractivity contribution is 9.10. The van der Waals surface area contributed by atoms with E-state index in [0.29, 0.717) is 22.9 Å². The molecular weight excluding hydrogens is 310 g/mol. The SMILES string of the molecule is C=CCCC(NC(=O)c1cccc(C)c1Br)C(=O)O. The maximum absolute atomic E-state index is 12.1. The van der Waals surface area contributed by atoms with Crippen LogP contribution in [-0.4, -0.2) is 23.0 Å². The Bertz CT molecular complexity index is 499. The highest BCUT2D eigenvalue weighted by Gasteiger charge is 2.21. The summed E-state index contributed by atoms with van der Waals surface area (Å²) in [7, 11) is 0. The summed E-state index contributed by atoms with van der Waals surface area (Å²) in [5.74, 6) is -1.44. The lowest BCUT2D eigenvalue weighted by Crippen LogP contribution is -2.40. The molecule has 0 heterocycles.